The number of sulfonamides is 1. The van der Waals surface area contributed by atoms with E-state index < -0.39 is 28.5 Å². The lowest BCUT2D eigenvalue weighted by atomic mass is 9.94. The number of nitrogens with zero attached hydrogens (tertiary/aromatic N) is 2. The first-order chi connectivity index (χ1) is 23.7. The predicted molar refractivity (Wildman–Crippen MR) is 194 cm³/mol. The van der Waals surface area contributed by atoms with Crippen molar-refractivity contribution in [2.45, 2.75) is 62.0 Å². The average molecular weight is 749 g/mol. The summed E-state index contributed by atoms with van der Waals surface area (Å²) in [4.78, 5) is 30.4. The third-order valence-electron chi connectivity index (χ3n) is 8.73. The molecule has 2 amide bonds. The maximum Gasteiger partial charge on any atom is 0.264 e. The minimum atomic E-state index is -4.31. The zero-order valence-corrected chi connectivity index (χ0v) is 30.2. The number of carbonyl (C=O) groups is 2. The molecule has 0 radical (unpaired) electrons. The molecule has 4 aromatic rings. The van der Waals surface area contributed by atoms with Crippen molar-refractivity contribution in [3.05, 3.63) is 119 Å². The van der Waals surface area contributed by atoms with E-state index in [1.165, 1.54) is 37.3 Å². The Morgan fingerprint density at radius 3 is 2.12 bits per heavy atom. The molecule has 11 heteroatoms. The summed E-state index contributed by atoms with van der Waals surface area (Å²) in [5.74, 6) is -0.168. The van der Waals surface area contributed by atoms with Crippen LogP contribution in [0.5, 0.6) is 11.5 Å². The number of halogens is 1. The molecule has 0 bridgehead atoms. The molecule has 0 unspecified atom stereocenters. The summed E-state index contributed by atoms with van der Waals surface area (Å²) in [5.41, 5.74) is 1.98. The van der Waals surface area contributed by atoms with E-state index in [1.54, 1.807) is 30.3 Å². The number of hydrogen-bond donors (Lipinski definition) is 1. The van der Waals surface area contributed by atoms with Gasteiger partial charge in [-0.1, -0.05) is 95.9 Å². The largest absolute Gasteiger partial charge is 0.493 e. The van der Waals surface area contributed by atoms with Crippen molar-refractivity contribution >= 4 is 43.5 Å². The van der Waals surface area contributed by atoms with Crippen LogP contribution in [-0.2, 0) is 32.6 Å². The fraction of sp³-hybridized carbons (Fsp3) is 0.316. The first-order valence-corrected chi connectivity index (χ1v) is 18.6. The zero-order valence-electron chi connectivity index (χ0n) is 27.8. The zero-order chi connectivity index (χ0) is 34.8. The van der Waals surface area contributed by atoms with E-state index >= 15 is 0 Å². The molecule has 4 aromatic carbocycles. The van der Waals surface area contributed by atoms with Crippen molar-refractivity contribution in [2.24, 2.45) is 0 Å². The molecule has 1 atom stereocenters. The molecule has 0 heterocycles. The van der Waals surface area contributed by atoms with Crippen molar-refractivity contribution in [2.75, 3.05) is 25.1 Å². The van der Waals surface area contributed by atoms with Crippen molar-refractivity contribution in [3.63, 3.8) is 0 Å². The maximum absolute atomic E-state index is 14.7. The van der Waals surface area contributed by atoms with Gasteiger partial charge in [0.25, 0.3) is 10.0 Å². The van der Waals surface area contributed by atoms with Crippen molar-refractivity contribution < 1.29 is 27.5 Å². The molecule has 9 nitrogen and oxygen atoms in total. The SMILES string of the molecule is COc1ccc(S(=O)(=O)N(CC(=O)N(Cc2cccc(Br)c2)[C@H](Cc2ccccc2)C(=O)NC2CCCCC2)c2ccccc2)cc1OC. The Morgan fingerprint density at radius 1 is 0.816 bits per heavy atom. The number of para-hydroxylation sites is 1. The molecule has 49 heavy (non-hydrogen) atoms. The molecule has 1 aliphatic rings. The molecular weight excluding hydrogens is 706 g/mol. The third kappa shape index (κ3) is 9.21. The Labute approximate surface area is 297 Å². The van der Waals surface area contributed by atoms with E-state index in [2.05, 4.69) is 21.2 Å². The number of hydrogen-bond acceptors (Lipinski definition) is 6. The summed E-state index contributed by atoms with van der Waals surface area (Å²) < 4.78 is 41.4. The van der Waals surface area contributed by atoms with Crippen LogP contribution in [0, 0.1) is 0 Å². The summed E-state index contributed by atoms with van der Waals surface area (Å²) in [6.45, 7) is -0.455. The topological polar surface area (TPSA) is 105 Å². The van der Waals surface area contributed by atoms with E-state index in [0.29, 0.717) is 11.4 Å². The highest BCUT2D eigenvalue weighted by Crippen LogP contribution is 2.32. The van der Waals surface area contributed by atoms with Crippen molar-refractivity contribution in [1.29, 1.82) is 0 Å². The molecule has 258 valence electrons. The number of ether oxygens (including phenoxy) is 2. The number of amides is 2. The Morgan fingerprint density at radius 2 is 1.47 bits per heavy atom. The molecular formula is C38H42BrN3O6S. The van der Waals surface area contributed by atoms with E-state index in [9.17, 15) is 18.0 Å². The molecule has 0 aromatic heterocycles. The molecule has 1 saturated carbocycles. The lowest BCUT2D eigenvalue weighted by molar-refractivity contribution is -0.140. The van der Waals surface area contributed by atoms with E-state index in [1.807, 2.05) is 54.6 Å². The highest BCUT2D eigenvalue weighted by molar-refractivity contribution is 9.10. The van der Waals surface area contributed by atoms with E-state index in [0.717, 1.165) is 52.0 Å². The van der Waals surface area contributed by atoms with Crippen LogP contribution >= 0.6 is 15.9 Å². The van der Waals surface area contributed by atoms with Gasteiger partial charge in [-0.3, -0.25) is 13.9 Å². The van der Waals surface area contributed by atoms with Gasteiger partial charge in [0.05, 0.1) is 24.8 Å². The minimum Gasteiger partial charge on any atom is -0.493 e. The van der Waals surface area contributed by atoms with Gasteiger partial charge in [-0.25, -0.2) is 8.42 Å². The monoisotopic (exact) mass is 747 g/mol. The van der Waals surface area contributed by atoms with Gasteiger partial charge in [-0.15, -0.1) is 0 Å². The van der Waals surface area contributed by atoms with Gasteiger partial charge >= 0.3 is 0 Å². The second kappa shape index (κ2) is 16.8. The summed E-state index contributed by atoms with van der Waals surface area (Å²) in [6, 6.07) is 29.0. The number of anilines is 1. The van der Waals surface area contributed by atoms with Gasteiger partial charge in [0, 0.05) is 29.5 Å². The van der Waals surface area contributed by atoms with Crippen LogP contribution in [0.3, 0.4) is 0 Å². The summed E-state index contributed by atoms with van der Waals surface area (Å²) in [7, 11) is -1.41. The molecule has 0 spiro atoms. The summed E-state index contributed by atoms with van der Waals surface area (Å²) in [6.07, 6.45) is 5.23. The number of nitrogens with one attached hydrogen (secondary N) is 1. The number of benzene rings is 4. The molecule has 1 N–H and O–H groups in total. The standard InChI is InChI=1S/C38H42BrN3O6S/c1-47-35-22-21-33(25-36(35)48-2)49(45,46)42(32-19-10-5-11-20-32)27-37(43)41(26-29-15-12-16-30(39)23-29)34(24-28-13-6-3-7-14-28)38(44)40-31-17-8-4-9-18-31/h3,5-7,10-16,19-23,25,31,34H,4,8-9,17-18,24,26-27H2,1-2H3,(H,40,44)/t34-/m1/s1. The quantitative estimate of drug-likeness (QED) is 0.153. The van der Waals surface area contributed by atoms with Crippen LogP contribution in [0.15, 0.2) is 112 Å². The molecule has 0 saturated heterocycles. The summed E-state index contributed by atoms with van der Waals surface area (Å²) >= 11 is 3.53. The van der Waals surface area contributed by atoms with Crippen LogP contribution in [-0.4, -0.2) is 58.0 Å². The number of carbonyl (C=O) groups excluding carboxylic acids is 2. The highest BCUT2D eigenvalue weighted by Gasteiger charge is 2.35. The van der Waals surface area contributed by atoms with Crippen LogP contribution in [0.2, 0.25) is 0 Å². The van der Waals surface area contributed by atoms with Crippen LogP contribution < -0.4 is 19.1 Å². The van der Waals surface area contributed by atoms with Gasteiger partial charge < -0.3 is 19.7 Å². The van der Waals surface area contributed by atoms with E-state index in [-0.39, 0.29) is 35.6 Å². The Kier molecular flexibility index (Phi) is 12.4. The van der Waals surface area contributed by atoms with E-state index in [4.69, 9.17) is 9.47 Å². The predicted octanol–water partition coefficient (Wildman–Crippen LogP) is 6.75. The van der Waals surface area contributed by atoms with Gasteiger partial charge in [0.2, 0.25) is 11.8 Å². The van der Waals surface area contributed by atoms with Crippen LogP contribution in [0.25, 0.3) is 0 Å². The Hall–Kier alpha value is -4.35. The lowest BCUT2D eigenvalue weighted by Crippen LogP contribution is -2.55. The average Bonchev–Trinajstić information content (AvgIpc) is 3.12. The van der Waals surface area contributed by atoms with Crippen LogP contribution in [0.4, 0.5) is 5.69 Å². The Balaban J connectivity index is 1.56. The molecule has 0 aliphatic heterocycles. The van der Waals surface area contributed by atoms with Gasteiger partial charge in [-0.05, 0) is 60.4 Å². The van der Waals surface area contributed by atoms with Gasteiger partial charge in [-0.2, -0.15) is 0 Å². The molecule has 5 rings (SSSR count). The highest BCUT2D eigenvalue weighted by atomic mass is 79.9. The third-order valence-corrected chi connectivity index (χ3v) is 11.0. The second-order valence-electron chi connectivity index (χ2n) is 12.1. The fourth-order valence-electron chi connectivity index (χ4n) is 6.16. The first kappa shape index (κ1) is 35.9. The normalized spacial score (nSPS) is 14.0. The summed E-state index contributed by atoms with van der Waals surface area (Å²) in [5, 5.41) is 3.24. The van der Waals surface area contributed by atoms with Gasteiger partial charge in [0.1, 0.15) is 12.6 Å². The minimum absolute atomic E-state index is 0.0218. The number of methoxy groups -OCH3 is 2. The van der Waals surface area contributed by atoms with Crippen LogP contribution in [0.1, 0.15) is 43.2 Å². The smallest absolute Gasteiger partial charge is 0.264 e. The molecule has 1 aliphatic carbocycles. The maximum atomic E-state index is 14.7. The fourth-order valence-corrected chi connectivity index (χ4v) is 8.03. The van der Waals surface area contributed by atoms with Crippen molar-refractivity contribution in [3.8, 4) is 11.5 Å². The van der Waals surface area contributed by atoms with Gasteiger partial charge in [0.15, 0.2) is 11.5 Å². The lowest BCUT2D eigenvalue weighted by Gasteiger charge is -2.35. The molecule has 1 fully saturated rings. The first-order valence-electron chi connectivity index (χ1n) is 16.4. The number of rotatable bonds is 14. The Bertz CT molecular complexity index is 1820. The van der Waals surface area contributed by atoms with Crippen molar-refractivity contribution in [1.82, 2.24) is 10.2 Å². The second-order valence-corrected chi connectivity index (χ2v) is 14.8.